The number of carbonyl (C=O) groups is 3. The lowest BCUT2D eigenvalue weighted by Crippen LogP contribution is -2.50. The van der Waals surface area contributed by atoms with Gasteiger partial charge in [0.2, 0.25) is 5.91 Å². The maximum Gasteiger partial charge on any atom is 0.407 e. The maximum atomic E-state index is 12.8. The first-order chi connectivity index (χ1) is 15.5. The Hall–Kier alpha value is -3.39. The van der Waals surface area contributed by atoms with E-state index in [1.54, 1.807) is 6.92 Å². The van der Waals surface area contributed by atoms with Crippen molar-refractivity contribution in [3.8, 4) is 11.1 Å². The fourth-order valence-electron chi connectivity index (χ4n) is 4.00. The van der Waals surface area contributed by atoms with Crippen LogP contribution in [0.15, 0.2) is 48.5 Å². The predicted molar refractivity (Wildman–Crippen MR) is 118 cm³/mol. The number of ether oxygens (including phenoxy) is 2. The largest absolute Gasteiger partial charge is 0.481 e. The molecule has 2 amide bonds. The minimum absolute atomic E-state index is 0.0784. The summed E-state index contributed by atoms with van der Waals surface area (Å²) >= 11 is 0. The zero-order valence-corrected chi connectivity index (χ0v) is 18.2. The Bertz CT molecular complexity index is 931. The first-order valence-electron chi connectivity index (χ1n) is 10.6. The SMILES string of the molecule is CCN(CCOC)C(=O)C(CC(=O)O)NC(=O)OCC1c2ccccc2-c2ccccc21. The van der Waals surface area contributed by atoms with Crippen LogP contribution in [0.2, 0.25) is 0 Å². The Morgan fingerprint density at radius 2 is 1.66 bits per heavy atom. The number of hydrogen-bond donors (Lipinski definition) is 2. The molecule has 1 atom stereocenters. The van der Waals surface area contributed by atoms with Gasteiger partial charge in [0, 0.05) is 26.1 Å². The average Bonchev–Trinajstić information content (AvgIpc) is 3.11. The minimum Gasteiger partial charge on any atom is -0.481 e. The summed E-state index contributed by atoms with van der Waals surface area (Å²) in [5, 5.41) is 11.6. The number of fused-ring (bicyclic) bond motifs is 3. The highest BCUT2D eigenvalue weighted by Gasteiger charge is 2.31. The lowest BCUT2D eigenvalue weighted by atomic mass is 9.98. The van der Waals surface area contributed by atoms with Crippen molar-refractivity contribution >= 4 is 18.0 Å². The molecule has 8 heteroatoms. The standard InChI is InChI=1S/C24H28N2O6/c1-3-26(12-13-31-2)23(29)21(14-22(27)28)25-24(30)32-15-20-18-10-6-4-8-16(18)17-9-5-7-11-19(17)20/h4-11,20-21H,3,12-15H2,1-2H3,(H,25,30)(H,27,28). The monoisotopic (exact) mass is 440 g/mol. The molecular weight excluding hydrogens is 412 g/mol. The summed E-state index contributed by atoms with van der Waals surface area (Å²) in [6, 6.07) is 14.7. The first-order valence-corrected chi connectivity index (χ1v) is 10.6. The van der Waals surface area contributed by atoms with Gasteiger partial charge in [-0.1, -0.05) is 48.5 Å². The number of aliphatic carboxylic acids is 1. The molecule has 1 aliphatic rings. The summed E-state index contributed by atoms with van der Waals surface area (Å²) in [5.74, 6) is -1.80. The van der Waals surface area contributed by atoms with Gasteiger partial charge in [0.15, 0.2) is 0 Å². The van der Waals surface area contributed by atoms with Crippen LogP contribution >= 0.6 is 0 Å². The summed E-state index contributed by atoms with van der Waals surface area (Å²) in [5.41, 5.74) is 4.34. The molecule has 2 aromatic carbocycles. The molecule has 2 N–H and O–H groups in total. The number of rotatable bonds is 10. The van der Waals surface area contributed by atoms with Crippen LogP contribution in [0.5, 0.6) is 0 Å². The van der Waals surface area contributed by atoms with Crippen molar-refractivity contribution in [2.45, 2.75) is 25.3 Å². The number of amides is 2. The fraction of sp³-hybridized carbons (Fsp3) is 0.375. The number of likely N-dealkylation sites (N-methyl/N-ethyl adjacent to an activating group) is 1. The van der Waals surface area contributed by atoms with Crippen molar-refractivity contribution in [1.82, 2.24) is 10.2 Å². The molecule has 170 valence electrons. The number of carboxylic acid groups (broad SMARTS) is 1. The molecule has 0 aromatic heterocycles. The van der Waals surface area contributed by atoms with Crippen molar-refractivity contribution in [2.75, 3.05) is 33.4 Å². The molecule has 0 bridgehead atoms. The van der Waals surface area contributed by atoms with Gasteiger partial charge in [-0.3, -0.25) is 9.59 Å². The van der Waals surface area contributed by atoms with Gasteiger partial charge in [-0.05, 0) is 29.2 Å². The average molecular weight is 440 g/mol. The van der Waals surface area contributed by atoms with Crippen molar-refractivity contribution in [2.24, 2.45) is 0 Å². The van der Waals surface area contributed by atoms with Crippen molar-refractivity contribution in [1.29, 1.82) is 0 Å². The van der Waals surface area contributed by atoms with Crippen LogP contribution in [-0.4, -0.2) is 67.4 Å². The number of carbonyl (C=O) groups excluding carboxylic acids is 2. The number of nitrogens with zero attached hydrogens (tertiary/aromatic N) is 1. The number of hydrogen-bond acceptors (Lipinski definition) is 5. The first kappa shape index (κ1) is 23.3. The predicted octanol–water partition coefficient (Wildman–Crippen LogP) is 2.86. The molecule has 0 saturated carbocycles. The molecule has 0 aliphatic heterocycles. The second kappa shape index (κ2) is 10.8. The zero-order chi connectivity index (χ0) is 23.1. The van der Waals surface area contributed by atoms with Crippen molar-refractivity contribution < 1.29 is 29.0 Å². The third-order valence-electron chi connectivity index (χ3n) is 5.57. The Balaban J connectivity index is 1.68. The normalized spacial score (nSPS) is 13.1. The van der Waals surface area contributed by atoms with Gasteiger partial charge >= 0.3 is 12.1 Å². The van der Waals surface area contributed by atoms with Crippen LogP contribution in [0.3, 0.4) is 0 Å². The number of alkyl carbamates (subject to hydrolysis) is 1. The quantitative estimate of drug-likeness (QED) is 0.589. The minimum atomic E-state index is -1.22. The second-order valence-electron chi connectivity index (χ2n) is 7.53. The maximum absolute atomic E-state index is 12.8. The molecule has 0 spiro atoms. The van der Waals surface area contributed by atoms with E-state index in [1.807, 2.05) is 48.5 Å². The molecule has 32 heavy (non-hydrogen) atoms. The third-order valence-corrected chi connectivity index (χ3v) is 5.57. The Kier molecular flexibility index (Phi) is 7.83. The van der Waals surface area contributed by atoms with E-state index in [0.717, 1.165) is 22.3 Å². The van der Waals surface area contributed by atoms with E-state index in [4.69, 9.17) is 9.47 Å². The highest BCUT2D eigenvalue weighted by molar-refractivity contribution is 5.89. The summed E-state index contributed by atoms with van der Waals surface area (Å²) in [6.45, 7) is 2.83. The fourth-order valence-corrected chi connectivity index (χ4v) is 4.00. The van der Waals surface area contributed by atoms with E-state index >= 15 is 0 Å². The summed E-state index contributed by atoms with van der Waals surface area (Å²) in [7, 11) is 1.52. The summed E-state index contributed by atoms with van der Waals surface area (Å²) in [4.78, 5) is 38.0. The molecule has 8 nitrogen and oxygen atoms in total. The summed E-state index contributed by atoms with van der Waals surface area (Å²) < 4.78 is 10.5. The summed E-state index contributed by atoms with van der Waals surface area (Å²) in [6.07, 6.45) is -1.36. The van der Waals surface area contributed by atoms with Crippen LogP contribution in [-0.2, 0) is 19.1 Å². The van der Waals surface area contributed by atoms with Crippen LogP contribution < -0.4 is 5.32 Å². The van der Waals surface area contributed by atoms with E-state index in [2.05, 4.69) is 5.32 Å². The van der Waals surface area contributed by atoms with Crippen LogP contribution in [0.25, 0.3) is 11.1 Å². The number of nitrogens with one attached hydrogen (secondary N) is 1. The molecule has 1 unspecified atom stereocenters. The van der Waals surface area contributed by atoms with Crippen LogP contribution in [0, 0.1) is 0 Å². The number of benzene rings is 2. The smallest absolute Gasteiger partial charge is 0.407 e. The van der Waals surface area contributed by atoms with Gasteiger partial charge in [0.1, 0.15) is 12.6 Å². The van der Waals surface area contributed by atoms with E-state index < -0.39 is 30.4 Å². The van der Waals surface area contributed by atoms with Crippen LogP contribution in [0.4, 0.5) is 4.79 Å². The van der Waals surface area contributed by atoms with Gasteiger partial charge in [0.05, 0.1) is 13.0 Å². The van der Waals surface area contributed by atoms with Gasteiger partial charge < -0.3 is 24.8 Å². The van der Waals surface area contributed by atoms with E-state index in [1.165, 1.54) is 12.0 Å². The molecule has 3 rings (SSSR count). The topological polar surface area (TPSA) is 105 Å². The van der Waals surface area contributed by atoms with Gasteiger partial charge in [0.25, 0.3) is 0 Å². The van der Waals surface area contributed by atoms with Gasteiger partial charge in [-0.2, -0.15) is 0 Å². The number of methoxy groups -OCH3 is 1. The number of carboxylic acids is 1. The molecule has 1 aliphatic carbocycles. The lowest BCUT2D eigenvalue weighted by Gasteiger charge is -2.26. The molecule has 0 radical (unpaired) electrons. The lowest BCUT2D eigenvalue weighted by molar-refractivity contribution is -0.142. The Morgan fingerprint density at radius 1 is 1.06 bits per heavy atom. The molecule has 0 fully saturated rings. The van der Waals surface area contributed by atoms with E-state index in [0.29, 0.717) is 19.7 Å². The molecule has 0 saturated heterocycles. The van der Waals surface area contributed by atoms with Crippen LogP contribution in [0.1, 0.15) is 30.4 Å². The highest BCUT2D eigenvalue weighted by atomic mass is 16.5. The Labute approximate surface area is 187 Å². The van der Waals surface area contributed by atoms with Gasteiger partial charge in [-0.15, -0.1) is 0 Å². The molecular formula is C24H28N2O6. The molecule has 2 aromatic rings. The zero-order valence-electron chi connectivity index (χ0n) is 18.2. The van der Waals surface area contributed by atoms with E-state index in [9.17, 15) is 19.5 Å². The van der Waals surface area contributed by atoms with Crippen molar-refractivity contribution in [3.05, 3.63) is 59.7 Å². The van der Waals surface area contributed by atoms with E-state index in [-0.39, 0.29) is 12.5 Å². The molecule has 0 heterocycles. The third kappa shape index (κ3) is 5.26. The highest BCUT2D eigenvalue weighted by Crippen LogP contribution is 2.44. The van der Waals surface area contributed by atoms with Crippen molar-refractivity contribution in [3.63, 3.8) is 0 Å². The Morgan fingerprint density at radius 3 is 2.19 bits per heavy atom. The second-order valence-corrected chi connectivity index (χ2v) is 7.53. The van der Waals surface area contributed by atoms with Gasteiger partial charge in [-0.25, -0.2) is 4.79 Å².